The molecule has 1 heterocycles. The zero-order valence-corrected chi connectivity index (χ0v) is 10.0. The summed E-state index contributed by atoms with van der Waals surface area (Å²) in [5.41, 5.74) is -0.214. The van der Waals surface area contributed by atoms with Gasteiger partial charge in [-0.05, 0) is 39.2 Å². The number of benzene rings is 1. The van der Waals surface area contributed by atoms with Crippen LogP contribution in [0.5, 0.6) is 0 Å². The highest BCUT2D eigenvalue weighted by molar-refractivity contribution is 6.61. The molecule has 1 fully saturated rings. The van der Waals surface area contributed by atoms with Crippen molar-refractivity contribution in [2.75, 3.05) is 0 Å². The lowest BCUT2D eigenvalue weighted by molar-refractivity contribution is 0.00578. The molecule has 1 radical (unpaired) electrons. The Hall–Kier alpha value is -0.865. The Kier molecular flexibility index (Phi) is 2.59. The van der Waals surface area contributed by atoms with E-state index in [1.54, 1.807) is 12.1 Å². The van der Waals surface area contributed by atoms with Crippen LogP contribution in [0.25, 0.3) is 0 Å². The smallest absolute Gasteiger partial charge is 0.399 e. The van der Waals surface area contributed by atoms with Gasteiger partial charge in [0.15, 0.2) is 0 Å². The molecule has 1 aliphatic heterocycles. The van der Waals surface area contributed by atoms with Crippen LogP contribution in [-0.4, -0.2) is 18.3 Å². The molecule has 0 amide bonds. The summed E-state index contributed by atoms with van der Waals surface area (Å²) in [6.45, 7) is 7.86. The van der Waals surface area contributed by atoms with Crippen molar-refractivity contribution < 1.29 is 13.7 Å². The first-order valence-corrected chi connectivity index (χ1v) is 5.35. The Bertz CT molecular complexity index is 388. The quantitative estimate of drug-likeness (QED) is 0.674. The summed E-state index contributed by atoms with van der Waals surface area (Å²) >= 11 is 0. The van der Waals surface area contributed by atoms with Gasteiger partial charge in [0.1, 0.15) is 5.82 Å². The second-order valence-corrected chi connectivity index (χ2v) is 5.04. The molecular formula is C12H15BFO2. The molecule has 1 aromatic carbocycles. The number of halogens is 1. The third-order valence-electron chi connectivity index (χ3n) is 3.29. The first-order chi connectivity index (χ1) is 7.32. The molecule has 0 aromatic heterocycles. The fourth-order valence-electron chi connectivity index (χ4n) is 1.57. The van der Waals surface area contributed by atoms with E-state index in [-0.39, 0.29) is 0 Å². The molecule has 1 aliphatic rings. The topological polar surface area (TPSA) is 18.5 Å². The first-order valence-electron chi connectivity index (χ1n) is 5.35. The van der Waals surface area contributed by atoms with Gasteiger partial charge < -0.3 is 9.31 Å². The van der Waals surface area contributed by atoms with E-state index in [2.05, 4.69) is 6.07 Å². The normalized spacial score (nSPS) is 22.4. The maximum absolute atomic E-state index is 13.0. The van der Waals surface area contributed by atoms with E-state index in [4.69, 9.17) is 9.31 Å². The summed E-state index contributed by atoms with van der Waals surface area (Å²) in [4.78, 5) is 0. The molecule has 0 bridgehead atoms. The zero-order chi connectivity index (χ0) is 12.0. The van der Waals surface area contributed by atoms with E-state index in [1.807, 2.05) is 27.7 Å². The standard InChI is InChI=1S/C12H15BFO2/c1-11(2)12(3,4)16-13(15-11)9-6-5-7-10(14)8-9/h5-7H,1-4H3. The Labute approximate surface area is 95.9 Å². The molecule has 16 heavy (non-hydrogen) atoms. The number of rotatable bonds is 1. The minimum Gasteiger partial charge on any atom is -0.399 e. The van der Waals surface area contributed by atoms with Crippen LogP contribution < -0.4 is 5.46 Å². The second kappa shape index (κ2) is 3.57. The highest BCUT2D eigenvalue weighted by Crippen LogP contribution is 2.36. The SMILES string of the molecule is CC1(C)OB(c2[c]c(F)ccc2)OC1(C)C. The summed E-state index contributed by atoms with van der Waals surface area (Å²) < 4.78 is 24.6. The summed E-state index contributed by atoms with van der Waals surface area (Å²) in [5.74, 6) is -0.396. The van der Waals surface area contributed by atoms with Crippen LogP contribution >= 0.6 is 0 Å². The maximum Gasteiger partial charge on any atom is 0.495 e. The fraction of sp³-hybridized carbons (Fsp3) is 0.500. The molecule has 85 valence electrons. The van der Waals surface area contributed by atoms with Gasteiger partial charge in [-0.15, -0.1) is 0 Å². The molecule has 2 rings (SSSR count). The minimum absolute atomic E-state index is 0.396. The van der Waals surface area contributed by atoms with E-state index < -0.39 is 24.1 Å². The molecule has 1 aromatic rings. The average molecular weight is 221 g/mol. The third kappa shape index (κ3) is 1.87. The molecular weight excluding hydrogens is 206 g/mol. The van der Waals surface area contributed by atoms with E-state index in [1.165, 1.54) is 6.07 Å². The van der Waals surface area contributed by atoms with Crippen molar-refractivity contribution in [3.63, 3.8) is 0 Å². The van der Waals surface area contributed by atoms with Gasteiger partial charge in [0, 0.05) is 6.07 Å². The van der Waals surface area contributed by atoms with E-state index in [0.717, 1.165) is 0 Å². The molecule has 1 saturated heterocycles. The molecule has 0 atom stereocenters. The molecule has 0 saturated carbocycles. The monoisotopic (exact) mass is 221 g/mol. The van der Waals surface area contributed by atoms with Crippen molar-refractivity contribution in [3.05, 3.63) is 30.1 Å². The number of hydrogen-bond donors (Lipinski definition) is 0. The van der Waals surface area contributed by atoms with Crippen molar-refractivity contribution in [2.45, 2.75) is 38.9 Å². The molecule has 2 nitrogen and oxygen atoms in total. The second-order valence-electron chi connectivity index (χ2n) is 5.04. The molecule has 4 heteroatoms. The highest BCUT2D eigenvalue weighted by atomic mass is 19.1. The van der Waals surface area contributed by atoms with Gasteiger partial charge in [0.25, 0.3) is 0 Å². The lowest BCUT2D eigenvalue weighted by Crippen LogP contribution is -2.41. The largest absolute Gasteiger partial charge is 0.495 e. The predicted octanol–water partition coefficient (Wildman–Crippen LogP) is 1.93. The molecule has 0 spiro atoms. The van der Waals surface area contributed by atoms with Crippen LogP contribution in [-0.2, 0) is 9.31 Å². The summed E-state index contributed by atoms with van der Waals surface area (Å²) in [7, 11) is -0.541. The zero-order valence-electron chi connectivity index (χ0n) is 10.0. The van der Waals surface area contributed by atoms with E-state index in [9.17, 15) is 4.39 Å². The summed E-state index contributed by atoms with van der Waals surface area (Å²) in [6, 6.07) is 7.35. The van der Waals surface area contributed by atoms with Gasteiger partial charge in [-0.2, -0.15) is 0 Å². The van der Waals surface area contributed by atoms with Crippen LogP contribution in [0.3, 0.4) is 0 Å². The number of hydrogen-bond acceptors (Lipinski definition) is 2. The lowest BCUT2D eigenvalue weighted by Gasteiger charge is -2.32. The summed E-state index contributed by atoms with van der Waals surface area (Å²) in [6.07, 6.45) is 0. The Morgan fingerprint density at radius 3 is 2.19 bits per heavy atom. The lowest BCUT2D eigenvalue weighted by atomic mass is 9.79. The van der Waals surface area contributed by atoms with E-state index >= 15 is 0 Å². The van der Waals surface area contributed by atoms with Crippen molar-refractivity contribution in [1.82, 2.24) is 0 Å². The van der Waals surface area contributed by atoms with Crippen LogP contribution in [0.2, 0.25) is 0 Å². The highest BCUT2D eigenvalue weighted by Gasteiger charge is 2.51. The van der Waals surface area contributed by atoms with Gasteiger partial charge in [-0.3, -0.25) is 0 Å². The minimum atomic E-state index is -0.541. The van der Waals surface area contributed by atoms with Crippen molar-refractivity contribution in [3.8, 4) is 0 Å². The molecule has 0 aliphatic carbocycles. The van der Waals surface area contributed by atoms with Gasteiger partial charge in [0.05, 0.1) is 11.2 Å². The third-order valence-corrected chi connectivity index (χ3v) is 3.29. The van der Waals surface area contributed by atoms with E-state index in [0.29, 0.717) is 5.46 Å². The van der Waals surface area contributed by atoms with Crippen LogP contribution in [0.15, 0.2) is 18.2 Å². The average Bonchev–Trinajstić information content (AvgIpc) is 2.36. The van der Waals surface area contributed by atoms with Gasteiger partial charge >= 0.3 is 7.12 Å². The van der Waals surface area contributed by atoms with Crippen molar-refractivity contribution in [1.29, 1.82) is 0 Å². The fourth-order valence-corrected chi connectivity index (χ4v) is 1.57. The van der Waals surface area contributed by atoms with Crippen LogP contribution in [0.4, 0.5) is 4.39 Å². The van der Waals surface area contributed by atoms with Crippen molar-refractivity contribution in [2.24, 2.45) is 0 Å². The van der Waals surface area contributed by atoms with Crippen molar-refractivity contribution >= 4 is 12.6 Å². The maximum atomic E-state index is 13.0. The molecule has 0 unspecified atom stereocenters. The Morgan fingerprint density at radius 1 is 1.12 bits per heavy atom. The van der Waals surface area contributed by atoms with Gasteiger partial charge in [-0.1, -0.05) is 12.1 Å². The first kappa shape index (κ1) is 11.6. The van der Waals surface area contributed by atoms with Gasteiger partial charge in [-0.25, -0.2) is 4.39 Å². The Morgan fingerprint density at radius 2 is 1.69 bits per heavy atom. The van der Waals surface area contributed by atoms with Crippen LogP contribution in [0.1, 0.15) is 27.7 Å². The Balaban J connectivity index is 2.27. The summed E-state index contributed by atoms with van der Waals surface area (Å²) in [5, 5.41) is 0. The van der Waals surface area contributed by atoms with Gasteiger partial charge in [0.2, 0.25) is 0 Å². The molecule has 0 N–H and O–H groups in total. The van der Waals surface area contributed by atoms with Crippen LogP contribution in [0, 0.1) is 11.9 Å². The predicted molar refractivity (Wildman–Crippen MR) is 61.0 cm³/mol.